The van der Waals surface area contributed by atoms with E-state index in [9.17, 15) is 19.5 Å². The Balaban J connectivity index is 1.80. The van der Waals surface area contributed by atoms with E-state index in [1.54, 1.807) is 36.4 Å². The first-order chi connectivity index (χ1) is 14.3. The number of benzene rings is 2. The van der Waals surface area contributed by atoms with Crippen molar-refractivity contribution in [3.8, 4) is 11.1 Å². The highest BCUT2D eigenvalue weighted by atomic mass is 35.5. The summed E-state index contributed by atoms with van der Waals surface area (Å²) in [5.74, 6) is -2.14. The van der Waals surface area contributed by atoms with Gasteiger partial charge in [-0.3, -0.25) is 9.59 Å². The summed E-state index contributed by atoms with van der Waals surface area (Å²) in [6.07, 6.45) is 1.13. The molecule has 0 radical (unpaired) electrons. The van der Waals surface area contributed by atoms with E-state index in [1.807, 2.05) is 6.92 Å². The smallest absolute Gasteiger partial charge is 0.339 e. The van der Waals surface area contributed by atoms with Crippen molar-refractivity contribution in [3.63, 3.8) is 0 Å². The van der Waals surface area contributed by atoms with Crippen molar-refractivity contribution in [2.24, 2.45) is 5.73 Å². The second-order valence-corrected chi connectivity index (χ2v) is 8.54. The van der Waals surface area contributed by atoms with E-state index < -0.39 is 17.8 Å². The van der Waals surface area contributed by atoms with Gasteiger partial charge in [-0.05, 0) is 54.7 Å². The van der Waals surface area contributed by atoms with Crippen molar-refractivity contribution in [1.29, 1.82) is 0 Å². The first kappa shape index (κ1) is 20.1. The maximum atomic E-state index is 12.7. The number of carboxylic acids is 1. The maximum Gasteiger partial charge on any atom is 0.339 e. The fourth-order valence-corrected chi connectivity index (χ4v) is 5.08. The van der Waals surface area contributed by atoms with E-state index >= 15 is 0 Å². The van der Waals surface area contributed by atoms with Crippen LogP contribution in [-0.4, -0.2) is 22.9 Å². The zero-order chi connectivity index (χ0) is 21.6. The lowest BCUT2D eigenvalue weighted by molar-refractivity contribution is 0.0699. The number of carbonyl (C=O) groups excluding carboxylic acids is 2. The number of aryl methyl sites for hydroxylation is 2. The molecule has 0 fully saturated rings. The molecule has 0 spiro atoms. The number of amides is 2. The Kier molecular flexibility index (Phi) is 5.09. The Hall–Kier alpha value is -3.16. The van der Waals surface area contributed by atoms with Crippen LogP contribution in [0.4, 0.5) is 5.00 Å². The van der Waals surface area contributed by atoms with E-state index in [0.29, 0.717) is 40.1 Å². The van der Waals surface area contributed by atoms with E-state index in [0.717, 1.165) is 16.0 Å². The van der Waals surface area contributed by atoms with Gasteiger partial charge in [-0.2, -0.15) is 0 Å². The lowest BCUT2D eigenvalue weighted by atomic mass is 9.85. The molecule has 1 aliphatic carbocycles. The average molecular weight is 441 g/mol. The number of halogens is 1. The molecule has 152 valence electrons. The summed E-state index contributed by atoms with van der Waals surface area (Å²) in [5.41, 5.74) is 9.02. The van der Waals surface area contributed by atoms with Crippen molar-refractivity contribution in [3.05, 3.63) is 74.1 Å². The highest BCUT2D eigenvalue weighted by Crippen LogP contribution is 2.46. The molecule has 0 aliphatic heterocycles. The average Bonchev–Trinajstić information content (AvgIpc) is 3.07. The molecule has 2 amide bonds. The summed E-state index contributed by atoms with van der Waals surface area (Å²) in [5, 5.41) is 13.4. The molecule has 0 atom stereocenters. The molecular weight excluding hydrogens is 424 g/mol. The fraction of sp³-hybridized carbons (Fsp3) is 0.136. The number of anilines is 1. The fourth-order valence-electron chi connectivity index (χ4n) is 3.70. The molecule has 0 saturated carbocycles. The number of aromatic carboxylic acids is 1. The topological polar surface area (TPSA) is 109 Å². The first-order valence-corrected chi connectivity index (χ1v) is 10.4. The monoisotopic (exact) mass is 440 g/mol. The molecule has 0 unspecified atom stereocenters. The molecular formula is C22H17ClN2O4S. The van der Waals surface area contributed by atoms with Crippen LogP contribution in [0.3, 0.4) is 0 Å². The predicted molar refractivity (Wildman–Crippen MR) is 117 cm³/mol. The van der Waals surface area contributed by atoms with Crippen LogP contribution in [0, 0.1) is 6.92 Å². The summed E-state index contributed by atoms with van der Waals surface area (Å²) in [4.78, 5) is 37.5. The van der Waals surface area contributed by atoms with Crippen molar-refractivity contribution in [2.75, 3.05) is 5.32 Å². The highest BCUT2D eigenvalue weighted by Gasteiger charge is 2.31. The molecule has 0 saturated heterocycles. The van der Waals surface area contributed by atoms with E-state index in [1.165, 1.54) is 11.3 Å². The van der Waals surface area contributed by atoms with E-state index in [2.05, 4.69) is 5.32 Å². The largest absolute Gasteiger partial charge is 0.478 e. The van der Waals surface area contributed by atoms with Crippen LogP contribution in [-0.2, 0) is 12.8 Å². The van der Waals surface area contributed by atoms with Crippen molar-refractivity contribution in [2.45, 2.75) is 19.8 Å². The summed E-state index contributed by atoms with van der Waals surface area (Å²) in [6.45, 7) is 1.83. The van der Waals surface area contributed by atoms with Gasteiger partial charge < -0.3 is 16.2 Å². The van der Waals surface area contributed by atoms with Gasteiger partial charge in [-0.1, -0.05) is 29.8 Å². The Bertz CT molecular complexity index is 1230. The molecule has 1 aliphatic rings. The minimum atomic E-state index is -1.15. The quantitative estimate of drug-likeness (QED) is 0.553. The van der Waals surface area contributed by atoms with Gasteiger partial charge in [0, 0.05) is 26.6 Å². The molecule has 8 heteroatoms. The van der Waals surface area contributed by atoms with Crippen LogP contribution in [0.2, 0.25) is 5.02 Å². The van der Waals surface area contributed by atoms with Gasteiger partial charge in [0.2, 0.25) is 5.91 Å². The van der Waals surface area contributed by atoms with Crippen molar-refractivity contribution < 1.29 is 19.5 Å². The number of nitrogens with two attached hydrogens (primary N) is 1. The third kappa shape index (κ3) is 3.36. The van der Waals surface area contributed by atoms with Gasteiger partial charge in [0.05, 0.1) is 0 Å². The Morgan fingerprint density at radius 1 is 1.17 bits per heavy atom. The number of hydrogen-bond donors (Lipinski definition) is 3. The molecule has 3 aromatic rings. The lowest BCUT2D eigenvalue weighted by Crippen LogP contribution is -2.17. The zero-order valence-corrected chi connectivity index (χ0v) is 17.5. The number of fused-ring (bicyclic) bond motifs is 3. The molecule has 0 bridgehead atoms. The molecule has 1 aromatic heterocycles. The number of rotatable bonds is 4. The first-order valence-electron chi connectivity index (χ1n) is 9.16. The number of carbonyl (C=O) groups is 3. The Morgan fingerprint density at radius 2 is 1.93 bits per heavy atom. The van der Waals surface area contributed by atoms with Crippen molar-refractivity contribution in [1.82, 2.24) is 0 Å². The Labute approximate surface area is 181 Å². The molecule has 1 heterocycles. The van der Waals surface area contributed by atoms with Gasteiger partial charge in [0.1, 0.15) is 10.6 Å². The van der Waals surface area contributed by atoms with Crippen LogP contribution < -0.4 is 11.1 Å². The third-order valence-electron chi connectivity index (χ3n) is 5.17. The SMILES string of the molecule is Cc1ccc(C(=O)Nc2sc3c(c2C(=O)O)-c2cccc(C(N)=O)c2CC3)cc1Cl. The summed E-state index contributed by atoms with van der Waals surface area (Å²) in [7, 11) is 0. The summed E-state index contributed by atoms with van der Waals surface area (Å²) in [6, 6.07) is 10.0. The number of nitrogens with one attached hydrogen (secondary N) is 1. The molecule has 6 nitrogen and oxygen atoms in total. The van der Waals surface area contributed by atoms with Crippen LogP contribution in [0.5, 0.6) is 0 Å². The summed E-state index contributed by atoms with van der Waals surface area (Å²) < 4.78 is 0. The molecule has 4 rings (SSSR count). The number of primary amides is 1. The van der Waals surface area contributed by atoms with Gasteiger partial charge in [-0.25, -0.2) is 4.79 Å². The second kappa shape index (κ2) is 7.59. The van der Waals surface area contributed by atoms with Crippen molar-refractivity contribution >= 4 is 45.7 Å². The predicted octanol–water partition coefficient (Wildman–Crippen LogP) is 4.52. The van der Waals surface area contributed by atoms with Crippen LogP contribution in [0.1, 0.15) is 47.1 Å². The number of carboxylic acid groups (broad SMARTS) is 1. The molecule has 4 N–H and O–H groups in total. The molecule has 30 heavy (non-hydrogen) atoms. The number of thiophene rings is 1. The minimum absolute atomic E-state index is 0.0177. The van der Waals surface area contributed by atoms with Gasteiger partial charge in [0.15, 0.2) is 0 Å². The van der Waals surface area contributed by atoms with Gasteiger partial charge in [-0.15, -0.1) is 11.3 Å². The maximum absolute atomic E-state index is 12.7. The van der Waals surface area contributed by atoms with Gasteiger partial charge in [0.25, 0.3) is 5.91 Å². The second-order valence-electron chi connectivity index (χ2n) is 7.02. The van der Waals surface area contributed by atoms with Crippen LogP contribution in [0.15, 0.2) is 36.4 Å². The van der Waals surface area contributed by atoms with E-state index in [4.69, 9.17) is 17.3 Å². The standard InChI is InChI=1S/C22H17ClN2O4S/c1-10-5-6-11(9-15(10)23)20(27)25-21-18(22(28)29)17-13-3-2-4-14(19(24)26)12(13)7-8-16(17)30-21/h2-6,9H,7-8H2,1H3,(H2,24,26)(H,25,27)(H,28,29). The summed E-state index contributed by atoms with van der Waals surface area (Å²) >= 11 is 7.35. The van der Waals surface area contributed by atoms with Gasteiger partial charge >= 0.3 is 5.97 Å². The van der Waals surface area contributed by atoms with Crippen LogP contribution in [0.25, 0.3) is 11.1 Å². The normalized spacial score (nSPS) is 12.1. The van der Waals surface area contributed by atoms with E-state index in [-0.39, 0.29) is 10.6 Å². The lowest BCUT2D eigenvalue weighted by Gasteiger charge is -2.19. The highest BCUT2D eigenvalue weighted by molar-refractivity contribution is 7.17. The number of hydrogen-bond acceptors (Lipinski definition) is 4. The Morgan fingerprint density at radius 3 is 2.60 bits per heavy atom. The molecule has 2 aromatic carbocycles. The van der Waals surface area contributed by atoms with Crippen LogP contribution >= 0.6 is 22.9 Å². The minimum Gasteiger partial charge on any atom is -0.478 e. The zero-order valence-electron chi connectivity index (χ0n) is 15.9. The third-order valence-corrected chi connectivity index (χ3v) is 6.74.